The molecular weight excluding hydrogens is 462 g/mol. The van der Waals surface area contributed by atoms with Gasteiger partial charge in [0.15, 0.2) is 5.16 Å². The number of para-hydroxylation sites is 1. The number of hydrogen-bond donors (Lipinski definition) is 0. The third-order valence-corrected chi connectivity index (χ3v) is 6.78. The first-order valence-electron chi connectivity index (χ1n) is 11.0. The van der Waals surface area contributed by atoms with Crippen LogP contribution in [0.5, 0.6) is 0 Å². The molecular formula is C25H19N7O2S. The van der Waals surface area contributed by atoms with E-state index in [1.807, 2.05) is 59.9 Å². The van der Waals surface area contributed by atoms with E-state index in [1.54, 1.807) is 28.8 Å². The number of benzene rings is 3. The van der Waals surface area contributed by atoms with Gasteiger partial charge in [0, 0.05) is 0 Å². The van der Waals surface area contributed by atoms with Crippen LogP contribution in [0.15, 0.2) is 87.5 Å². The van der Waals surface area contributed by atoms with Gasteiger partial charge in [0.05, 0.1) is 28.7 Å². The Morgan fingerprint density at radius 1 is 0.800 bits per heavy atom. The normalized spacial score (nSPS) is 11.6. The quantitative estimate of drug-likeness (QED) is 0.349. The van der Waals surface area contributed by atoms with Crippen molar-refractivity contribution in [1.82, 2.24) is 34.2 Å². The maximum Gasteiger partial charge on any atom is 0.278 e. The minimum Gasteiger partial charge on any atom is -0.272 e. The second-order valence-electron chi connectivity index (χ2n) is 8.20. The van der Waals surface area contributed by atoms with Gasteiger partial charge in [-0.15, -0.1) is 15.3 Å². The highest BCUT2D eigenvalue weighted by atomic mass is 32.2. The van der Waals surface area contributed by atoms with E-state index >= 15 is 0 Å². The van der Waals surface area contributed by atoms with Gasteiger partial charge in [-0.1, -0.05) is 71.1 Å². The maximum absolute atomic E-state index is 13.4. The molecule has 3 aromatic carbocycles. The molecule has 0 radical (unpaired) electrons. The van der Waals surface area contributed by atoms with Crippen molar-refractivity contribution in [3.63, 3.8) is 0 Å². The lowest BCUT2D eigenvalue weighted by Crippen LogP contribution is -2.24. The summed E-state index contributed by atoms with van der Waals surface area (Å²) in [5.41, 5.74) is 3.05. The van der Waals surface area contributed by atoms with E-state index < -0.39 is 0 Å². The summed E-state index contributed by atoms with van der Waals surface area (Å²) < 4.78 is 4.79. The number of aromatic nitrogens is 7. The third kappa shape index (κ3) is 3.68. The van der Waals surface area contributed by atoms with Gasteiger partial charge in [-0.05, 0) is 36.8 Å². The van der Waals surface area contributed by atoms with Crippen molar-refractivity contribution in [2.75, 3.05) is 0 Å². The molecule has 6 rings (SSSR count). The largest absolute Gasteiger partial charge is 0.278 e. The summed E-state index contributed by atoms with van der Waals surface area (Å²) >= 11 is 1.30. The van der Waals surface area contributed by atoms with Gasteiger partial charge in [-0.3, -0.25) is 18.6 Å². The molecule has 3 aromatic heterocycles. The summed E-state index contributed by atoms with van der Waals surface area (Å²) in [5.74, 6) is 0.636. The highest BCUT2D eigenvalue weighted by molar-refractivity contribution is 7.98. The Morgan fingerprint density at radius 3 is 2.37 bits per heavy atom. The molecule has 0 aliphatic heterocycles. The van der Waals surface area contributed by atoms with Crippen molar-refractivity contribution in [3.8, 4) is 0 Å². The standard InChI is InChI=1S/C25H19N7O2S/c1-16-10-12-17(13-11-16)14-30-22(33)19-7-3-5-9-21(19)32-24(30)27-28-25(32)35-15-31-23(34)18-6-2-4-8-20(18)26-29-31/h2-13H,14-15H2,1H3. The minimum absolute atomic E-state index is 0.130. The van der Waals surface area contributed by atoms with Gasteiger partial charge in [0.25, 0.3) is 11.1 Å². The van der Waals surface area contributed by atoms with Crippen LogP contribution in [0.4, 0.5) is 0 Å². The molecule has 9 nitrogen and oxygen atoms in total. The predicted molar refractivity (Wildman–Crippen MR) is 135 cm³/mol. The SMILES string of the molecule is Cc1ccc(Cn2c(=O)c3ccccc3n3c(SCn4nnc5ccccc5c4=O)nnc23)cc1. The fourth-order valence-electron chi connectivity index (χ4n) is 4.07. The zero-order valence-corrected chi connectivity index (χ0v) is 19.5. The van der Waals surface area contributed by atoms with Crippen LogP contribution in [-0.2, 0) is 12.4 Å². The van der Waals surface area contributed by atoms with E-state index in [4.69, 9.17) is 0 Å². The van der Waals surface area contributed by atoms with Crippen LogP contribution in [0, 0.1) is 6.92 Å². The van der Waals surface area contributed by atoms with E-state index in [0.29, 0.717) is 39.3 Å². The van der Waals surface area contributed by atoms with E-state index in [1.165, 1.54) is 16.4 Å². The average molecular weight is 482 g/mol. The first-order chi connectivity index (χ1) is 17.1. The highest BCUT2D eigenvalue weighted by Gasteiger charge is 2.17. The Balaban J connectivity index is 1.45. The van der Waals surface area contributed by atoms with Gasteiger partial charge in [-0.2, -0.15) is 4.68 Å². The number of hydrogen-bond acceptors (Lipinski definition) is 7. The molecule has 0 unspecified atom stereocenters. The Kier molecular flexibility index (Phi) is 5.14. The summed E-state index contributed by atoms with van der Waals surface area (Å²) in [6, 6.07) is 22.5. The molecule has 0 fully saturated rings. The van der Waals surface area contributed by atoms with Crippen LogP contribution >= 0.6 is 11.8 Å². The zero-order chi connectivity index (χ0) is 23.9. The molecule has 3 heterocycles. The fourth-order valence-corrected chi connectivity index (χ4v) is 4.89. The molecule has 0 saturated heterocycles. The molecule has 0 spiro atoms. The second kappa shape index (κ2) is 8.48. The van der Waals surface area contributed by atoms with E-state index in [0.717, 1.165) is 11.1 Å². The van der Waals surface area contributed by atoms with Crippen molar-refractivity contribution in [2.45, 2.75) is 24.5 Å². The van der Waals surface area contributed by atoms with Crippen LogP contribution in [0.2, 0.25) is 0 Å². The average Bonchev–Trinajstić information content (AvgIpc) is 3.31. The van der Waals surface area contributed by atoms with Crippen LogP contribution in [0.1, 0.15) is 11.1 Å². The summed E-state index contributed by atoms with van der Waals surface area (Å²) in [6.07, 6.45) is 0. The van der Waals surface area contributed by atoms with Gasteiger partial charge in [0.1, 0.15) is 5.52 Å². The monoisotopic (exact) mass is 481 g/mol. The maximum atomic E-state index is 13.4. The van der Waals surface area contributed by atoms with Crippen LogP contribution in [-0.4, -0.2) is 34.2 Å². The Bertz CT molecular complexity index is 1840. The Labute approximate surface area is 202 Å². The molecule has 35 heavy (non-hydrogen) atoms. The molecule has 172 valence electrons. The molecule has 0 saturated carbocycles. The van der Waals surface area contributed by atoms with Crippen molar-refractivity contribution in [2.24, 2.45) is 0 Å². The molecule has 0 aliphatic carbocycles. The van der Waals surface area contributed by atoms with Gasteiger partial charge in [0.2, 0.25) is 5.78 Å². The first-order valence-corrected chi connectivity index (χ1v) is 12.0. The van der Waals surface area contributed by atoms with Gasteiger partial charge in [-0.25, -0.2) is 0 Å². The number of fused-ring (bicyclic) bond motifs is 4. The Morgan fingerprint density at radius 2 is 1.54 bits per heavy atom. The topological polar surface area (TPSA) is 100.0 Å². The van der Waals surface area contributed by atoms with Crippen molar-refractivity contribution < 1.29 is 0 Å². The number of nitrogens with zero attached hydrogens (tertiary/aromatic N) is 7. The van der Waals surface area contributed by atoms with Gasteiger partial charge < -0.3 is 0 Å². The zero-order valence-electron chi connectivity index (χ0n) is 18.7. The van der Waals surface area contributed by atoms with Crippen molar-refractivity contribution >= 4 is 39.3 Å². The molecule has 0 bridgehead atoms. The highest BCUT2D eigenvalue weighted by Crippen LogP contribution is 2.23. The fraction of sp³-hybridized carbons (Fsp3) is 0.120. The molecule has 0 atom stereocenters. The molecule has 0 N–H and O–H groups in total. The third-order valence-electron chi connectivity index (χ3n) is 5.88. The summed E-state index contributed by atoms with van der Waals surface area (Å²) in [4.78, 5) is 26.2. The van der Waals surface area contributed by atoms with E-state index in [2.05, 4.69) is 20.5 Å². The lowest BCUT2D eigenvalue weighted by Gasteiger charge is -2.11. The molecule has 6 aromatic rings. The first kappa shape index (κ1) is 21.2. The number of rotatable bonds is 5. The van der Waals surface area contributed by atoms with Crippen molar-refractivity contribution in [1.29, 1.82) is 0 Å². The smallest absolute Gasteiger partial charge is 0.272 e. The molecule has 10 heteroatoms. The summed E-state index contributed by atoms with van der Waals surface area (Å²) in [5, 5.41) is 18.6. The van der Waals surface area contributed by atoms with E-state index in [9.17, 15) is 9.59 Å². The lowest BCUT2D eigenvalue weighted by molar-refractivity contribution is 0.643. The minimum atomic E-state index is -0.224. The summed E-state index contributed by atoms with van der Waals surface area (Å²) in [6.45, 7) is 2.39. The van der Waals surface area contributed by atoms with Crippen LogP contribution < -0.4 is 11.1 Å². The van der Waals surface area contributed by atoms with Crippen LogP contribution in [0.25, 0.3) is 27.6 Å². The lowest BCUT2D eigenvalue weighted by atomic mass is 10.1. The Hall–Kier alpha value is -4.31. The number of thioether (sulfide) groups is 1. The van der Waals surface area contributed by atoms with E-state index in [-0.39, 0.29) is 17.0 Å². The molecule has 0 amide bonds. The summed E-state index contributed by atoms with van der Waals surface area (Å²) in [7, 11) is 0. The second-order valence-corrected chi connectivity index (χ2v) is 9.11. The number of aryl methyl sites for hydroxylation is 1. The van der Waals surface area contributed by atoms with Gasteiger partial charge >= 0.3 is 0 Å². The van der Waals surface area contributed by atoms with Crippen LogP contribution in [0.3, 0.4) is 0 Å². The predicted octanol–water partition coefficient (Wildman–Crippen LogP) is 3.26. The molecule has 0 aliphatic rings. The van der Waals surface area contributed by atoms with Crippen molar-refractivity contribution in [3.05, 3.63) is 105 Å².